The number of ether oxygens (including phenoxy) is 1. The molecule has 9 rings (SSSR count). The van der Waals surface area contributed by atoms with Crippen LogP contribution < -0.4 is 15.0 Å². The largest absolute Gasteiger partial charge is 0.508 e. The van der Waals surface area contributed by atoms with Crippen LogP contribution in [0.15, 0.2) is 36.5 Å². The van der Waals surface area contributed by atoms with Gasteiger partial charge in [0, 0.05) is 55.9 Å². The fraction of sp³-hybridized carbons (Fsp3) is 0.528. The molecule has 1 aliphatic carbocycles. The predicted octanol–water partition coefficient (Wildman–Crippen LogP) is 5.93. The van der Waals surface area contributed by atoms with Crippen molar-refractivity contribution >= 4 is 27.5 Å². The number of aromatic nitrogens is 3. The smallest absolute Gasteiger partial charge is 0.319 e. The lowest BCUT2D eigenvalue weighted by Gasteiger charge is -2.35. The second-order valence-corrected chi connectivity index (χ2v) is 14.3. The number of benzene rings is 2. The number of halogens is 2. The molecule has 240 valence electrons. The van der Waals surface area contributed by atoms with Gasteiger partial charge in [-0.2, -0.15) is 9.97 Å². The summed E-state index contributed by atoms with van der Waals surface area (Å²) < 4.78 is 38.3. The molecule has 5 aliphatic rings. The number of phenolic OH excluding ortho intramolecular Hbond substituents is 1. The van der Waals surface area contributed by atoms with Gasteiger partial charge < -0.3 is 20.1 Å². The number of aromatic hydroxyl groups is 1. The van der Waals surface area contributed by atoms with E-state index < -0.39 is 12.0 Å². The number of fused-ring (bicyclic) bond motifs is 7. The van der Waals surface area contributed by atoms with Crippen LogP contribution >= 0.6 is 0 Å². The summed E-state index contributed by atoms with van der Waals surface area (Å²) in [4.78, 5) is 18.9. The highest BCUT2D eigenvalue weighted by atomic mass is 19.1. The summed E-state index contributed by atoms with van der Waals surface area (Å²) in [6.07, 6.45) is 8.63. The fourth-order valence-corrected chi connectivity index (χ4v) is 9.70. The number of nitrogens with zero attached hydrogens (tertiary/aromatic N) is 5. The summed E-state index contributed by atoms with van der Waals surface area (Å²) in [6.45, 7) is 4.32. The molecule has 4 aliphatic heterocycles. The van der Waals surface area contributed by atoms with Crippen molar-refractivity contribution in [2.45, 2.75) is 88.1 Å². The number of hydrogen-bond acceptors (Lipinski definition) is 8. The van der Waals surface area contributed by atoms with Gasteiger partial charge in [0.2, 0.25) is 0 Å². The molecule has 2 aromatic carbocycles. The van der Waals surface area contributed by atoms with Crippen molar-refractivity contribution in [2.75, 3.05) is 31.1 Å². The Morgan fingerprint density at radius 1 is 1.07 bits per heavy atom. The third-order valence-corrected chi connectivity index (χ3v) is 11.6. The maximum Gasteiger partial charge on any atom is 0.319 e. The van der Waals surface area contributed by atoms with E-state index in [9.17, 15) is 9.50 Å². The number of nitrogens with one attached hydrogen (secondary N) is 1. The van der Waals surface area contributed by atoms with Gasteiger partial charge in [-0.1, -0.05) is 31.5 Å². The van der Waals surface area contributed by atoms with Crippen molar-refractivity contribution in [2.24, 2.45) is 5.92 Å². The van der Waals surface area contributed by atoms with Gasteiger partial charge in [-0.25, -0.2) is 8.78 Å². The van der Waals surface area contributed by atoms with Gasteiger partial charge in [-0.3, -0.25) is 9.88 Å². The van der Waals surface area contributed by atoms with Gasteiger partial charge in [0.15, 0.2) is 5.82 Å². The molecule has 1 saturated carbocycles. The molecule has 2 aromatic heterocycles. The van der Waals surface area contributed by atoms with Gasteiger partial charge in [-0.15, -0.1) is 0 Å². The zero-order valence-electron chi connectivity index (χ0n) is 26.2. The first-order chi connectivity index (χ1) is 22.4. The molecule has 2 unspecified atom stereocenters. The number of hydrogen-bond donors (Lipinski definition) is 2. The van der Waals surface area contributed by atoms with E-state index in [0.29, 0.717) is 53.8 Å². The number of pyridine rings is 1. The highest BCUT2D eigenvalue weighted by Gasteiger charge is 2.58. The van der Waals surface area contributed by atoms with Crippen LogP contribution in [0.4, 0.5) is 14.6 Å². The minimum atomic E-state index is -0.870. The summed E-state index contributed by atoms with van der Waals surface area (Å²) in [5, 5.41) is 16.5. The number of piperazine rings is 1. The minimum absolute atomic E-state index is 0.0496. The van der Waals surface area contributed by atoms with Crippen LogP contribution in [0.25, 0.3) is 32.9 Å². The molecule has 4 saturated heterocycles. The Bertz CT molecular complexity index is 1840. The number of phenols is 1. The van der Waals surface area contributed by atoms with Crippen molar-refractivity contribution in [3.05, 3.63) is 47.9 Å². The fourth-order valence-electron chi connectivity index (χ4n) is 9.70. The molecule has 5 fully saturated rings. The highest BCUT2D eigenvalue weighted by molar-refractivity contribution is 6.01. The van der Waals surface area contributed by atoms with Gasteiger partial charge >= 0.3 is 6.01 Å². The van der Waals surface area contributed by atoms with Gasteiger partial charge in [-0.05, 0) is 72.9 Å². The van der Waals surface area contributed by atoms with Crippen LogP contribution in [-0.2, 0) is 6.42 Å². The van der Waals surface area contributed by atoms with Crippen molar-refractivity contribution in [1.29, 1.82) is 0 Å². The topological polar surface area (TPSA) is 86.6 Å². The van der Waals surface area contributed by atoms with Crippen LogP contribution in [0.3, 0.4) is 0 Å². The lowest BCUT2D eigenvalue weighted by Crippen LogP contribution is -2.51. The monoisotopic (exact) mass is 626 g/mol. The molecule has 0 spiro atoms. The molecular formula is C36H40F2N6O2. The normalized spacial score (nSPS) is 30.4. The zero-order chi connectivity index (χ0) is 31.2. The molecule has 46 heavy (non-hydrogen) atoms. The van der Waals surface area contributed by atoms with Crippen LogP contribution in [-0.4, -0.2) is 81.0 Å². The van der Waals surface area contributed by atoms with Gasteiger partial charge in [0.05, 0.1) is 10.9 Å². The SMILES string of the molecule is CCc1cccc2cc(O)cc(-c3ncc4c(N5CC6CCC(C5)N6)nc(OC[C@]56C[C@@H](F)CN5[C@H]5CCC[C@H]5C6)nc4c3F)c12. The molecule has 8 nitrogen and oxygen atoms in total. The van der Waals surface area contributed by atoms with E-state index in [1.807, 2.05) is 18.2 Å². The molecule has 10 heteroatoms. The maximum atomic E-state index is 16.9. The average molecular weight is 627 g/mol. The molecule has 2 N–H and O–H groups in total. The quantitative estimate of drug-likeness (QED) is 0.273. The van der Waals surface area contributed by atoms with Crippen LogP contribution in [0.5, 0.6) is 11.8 Å². The Balaban J connectivity index is 1.16. The molecule has 4 aromatic rings. The molecular weight excluding hydrogens is 586 g/mol. The Kier molecular flexibility index (Phi) is 6.65. The van der Waals surface area contributed by atoms with Crippen molar-refractivity contribution in [1.82, 2.24) is 25.2 Å². The van der Waals surface area contributed by atoms with Crippen molar-refractivity contribution in [3.8, 4) is 23.0 Å². The van der Waals surface area contributed by atoms with Crippen molar-refractivity contribution in [3.63, 3.8) is 0 Å². The van der Waals surface area contributed by atoms with Crippen molar-refractivity contribution < 1.29 is 18.6 Å². The highest BCUT2D eigenvalue weighted by Crippen LogP contribution is 2.52. The molecule has 2 bridgehead atoms. The summed E-state index contributed by atoms with van der Waals surface area (Å²) in [5.41, 5.74) is 1.48. The lowest BCUT2D eigenvalue weighted by molar-refractivity contribution is 0.0832. The standard InChI is InChI=1S/C36H40F2N6O2/c1-2-20-5-3-6-21-11-26(45)12-27(30(20)21)32-31(38)33-28(15-39-32)34(43-17-24-9-10-25(18-43)40-24)42-35(41-33)46-19-36-13-22-7-4-8-29(22)44(36)16-23(37)14-36/h3,5-6,11-12,15,22-25,29,40,45H,2,4,7-10,13-14,16-19H2,1H3/t22-,23+,24?,25?,29-,36-/m0/s1. The zero-order valence-corrected chi connectivity index (χ0v) is 26.2. The number of anilines is 1. The van der Waals surface area contributed by atoms with Crippen LogP contribution in [0.2, 0.25) is 0 Å². The van der Waals surface area contributed by atoms with E-state index in [0.717, 1.165) is 61.5 Å². The van der Waals surface area contributed by atoms with E-state index >= 15 is 4.39 Å². The molecule has 0 amide bonds. The summed E-state index contributed by atoms with van der Waals surface area (Å²) in [6, 6.07) is 10.4. The first-order valence-corrected chi connectivity index (χ1v) is 17.0. The summed E-state index contributed by atoms with van der Waals surface area (Å²) in [5.74, 6) is 0.686. The Morgan fingerprint density at radius 3 is 2.74 bits per heavy atom. The second kappa shape index (κ2) is 10.7. The Labute approximate surface area is 267 Å². The van der Waals surface area contributed by atoms with E-state index in [4.69, 9.17) is 14.7 Å². The van der Waals surface area contributed by atoms with E-state index in [1.54, 1.807) is 18.3 Å². The number of rotatable bonds is 6. The third kappa shape index (κ3) is 4.47. The first kappa shape index (κ1) is 28.6. The van der Waals surface area contributed by atoms with E-state index in [2.05, 4.69) is 27.0 Å². The van der Waals surface area contributed by atoms with Gasteiger partial charge in [0.1, 0.15) is 35.6 Å². The third-order valence-electron chi connectivity index (χ3n) is 11.6. The summed E-state index contributed by atoms with van der Waals surface area (Å²) in [7, 11) is 0. The summed E-state index contributed by atoms with van der Waals surface area (Å²) >= 11 is 0. The predicted molar refractivity (Wildman–Crippen MR) is 174 cm³/mol. The second-order valence-electron chi connectivity index (χ2n) is 14.3. The number of aryl methyl sites for hydroxylation is 1. The number of alkyl halides is 1. The Morgan fingerprint density at radius 2 is 1.91 bits per heavy atom. The molecule has 0 radical (unpaired) electrons. The average Bonchev–Trinajstić information content (AvgIpc) is 3.79. The van der Waals surface area contributed by atoms with Gasteiger partial charge in [0.25, 0.3) is 0 Å². The minimum Gasteiger partial charge on any atom is -0.508 e. The molecule has 6 atom stereocenters. The Hall–Kier alpha value is -3.63. The van der Waals surface area contributed by atoms with E-state index in [-0.39, 0.29) is 35.1 Å². The van der Waals surface area contributed by atoms with E-state index in [1.165, 1.54) is 12.8 Å². The lowest BCUT2D eigenvalue weighted by atomic mass is 9.89. The van der Waals surface area contributed by atoms with Crippen LogP contribution in [0.1, 0.15) is 57.4 Å². The molecule has 6 heterocycles. The first-order valence-electron chi connectivity index (χ1n) is 17.0. The maximum absolute atomic E-state index is 16.9. The van der Waals surface area contributed by atoms with Crippen LogP contribution in [0, 0.1) is 11.7 Å².